The molecule has 0 unspecified atom stereocenters. The lowest BCUT2D eigenvalue weighted by Crippen LogP contribution is -2.13. The molecule has 0 amide bonds. The number of carbonyl (C=O) groups excluding carboxylic acids is 1. The van der Waals surface area contributed by atoms with Crippen molar-refractivity contribution in [1.82, 2.24) is 9.55 Å². The molecule has 7 heteroatoms. The highest BCUT2D eigenvalue weighted by Crippen LogP contribution is 2.16. The predicted octanol–water partition coefficient (Wildman–Crippen LogP) is 1.99. The molecule has 7 nitrogen and oxygen atoms in total. The first-order valence-corrected chi connectivity index (χ1v) is 5.86. The van der Waals surface area contributed by atoms with Crippen LogP contribution >= 0.6 is 0 Å². The maximum Gasteiger partial charge on any atom is 0.343 e. The third-order valence-corrected chi connectivity index (χ3v) is 2.93. The minimum Gasteiger partial charge on any atom is -0.497 e. The number of aromatic nitrogens is 2. The zero-order valence-corrected chi connectivity index (χ0v) is 11.1. The molecule has 0 N–H and O–H groups in total. The first-order valence-electron chi connectivity index (χ1n) is 5.86. The monoisotopic (exact) mass is 275 g/mol. The van der Waals surface area contributed by atoms with Crippen LogP contribution in [0.4, 0.5) is 5.82 Å². The van der Waals surface area contributed by atoms with Gasteiger partial charge in [0.05, 0.1) is 7.11 Å². The minimum absolute atomic E-state index is 0.117. The maximum absolute atomic E-state index is 12.1. The Hall–Kier alpha value is -2.70. The third-order valence-electron chi connectivity index (χ3n) is 2.93. The molecule has 0 atom stereocenters. The van der Waals surface area contributed by atoms with Gasteiger partial charge in [-0.2, -0.15) is 0 Å². The average Bonchev–Trinajstić information content (AvgIpc) is 2.80. The van der Waals surface area contributed by atoms with Crippen LogP contribution in [0.5, 0.6) is 5.75 Å². The van der Waals surface area contributed by atoms with Crippen molar-refractivity contribution in [3.05, 3.63) is 52.0 Å². The molecule has 0 saturated carbocycles. The molecule has 0 radical (unpaired) electrons. The molecular weight excluding hydrogens is 262 g/mol. The van der Waals surface area contributed by atoms with E-state index in [4.69, 9.17) is 4.74 Å². The number of aryl methyl sites for hydroxylation is 1. The van der Waals surface area contributed by atoms with Crippen molar-refractivity contribution >= 4 is 11.6 Å². The van der Waals surface area contributed by atoms with E-state index in [0.29, 0.717) is 17.1 Å². The molecule has 1 aromatic carbocycles. The average molecular weight is 275 g/mol. The number of nitrogens with zero attached hydrogens (tertiary/aromatic N) is 3. The fraction of sp³-hybridized carbons (Fsp3) is 0.231. The standard InChI is InChI=1S/C13H13N3O4/c1-9-14-7-13(16(18)19)15(9)8-12(17)10-3-5-11(20-2)6-4-10/h3-7H,8H2,1-2H3. The molecule has 1 heterocycles. The summed E-state index contributed by atoms with van der Waals surface area (Å²) in [5, 5.41) is 10.9. The van der Waals surface area contributed by atoms with Gasteiger partial charge >= 0.3 is 5.82 Å². The van der Waals surface area contributed by atoms with Crippen LogP contribution in [0.2, 0.25) is 0 Å². The van der Waals surface area contributed by atoms with Gasteiger partial charge in [-0.1, -0.05) is 0 Å². The van der Waals surface area contributed by atoms with Gasteiger partial charge in [0.2, 0.25) is 5.78 Å². The summed E-state index contributed by atoms with van der Waals surface area (Å²) in [6.07, 6.45) is 1.15. The molecule has 2 rings (SSSR count). The van der Waals surface area contributed by atoms with Crippen LogP contribution in [0.1, 0.15) is 16.2 Å². The number of Topliss-reactive ketones (excluding diaryl/α,β-unsaturated/α-hetero) is 1. The van der Waals surface area contributed by atoms with E-state index in [9.17, 15) is 14.9 Å². The number of ketones is 1. The third kappa shape index (κ3) is 2.66. The van der Waals surface area contributed by atoms with Gasteiger partial charge in [-0.05, 0) is 29.2 Å². The summed E-state index contributed by atoms with van der Waals surface area (Å²) in [6, 6.07) is 6.59. The Morgan fingerprint density at radius 2 is 2.05 bits per heavy atom. The highest BCUT2D eigenvalue weighted by atomic mass is 16.6. The molecule has 0 bridgehead atoms. The Morgan fingerprint density at radius 3 is 2.60 bits per heavy atom. The van der Waals surface area contributed by atoms with Crippen LogP contribution < -0.4 is 4.74 Å². The van der Waals surface area contributed by atoms with Crippen LogP contribution in [0.3, 0.4) is 0 Å². The number of methoxy groups -OCH3 is 1. The lowest BCUT2D eigenvalue weighted by molar-refractivity contribution is -0.392. The van der Waals surface area contributed by atoms with Crippen LogP contribution in [-0.2, 0) is 6.54 Å². The highest BCUT2D eigenvalue weighted by Gasteiger charge is 2.20. The van der Waals surface area contributed by atoms with E-state index in [1.54, 1.807) is 31.2 Å². The summed E-state index contributed by atoms with van der Waals surface area (Å²) in [7, 11) is 1.54. The van der Waals surface area contributed by atoms with Crippen molar-refractivity contribution in [3.63, 3.8) is 0 Å². The number of benzene rings is 1. The Labute approximate surface area is 115 Å². The van der Waals surface area contributed by atoms with Gasteiger partial charge in [-0.15, -0.1) is 0 Å². The van der Waals surface area contributed by atoms with E-state index in [-0.39, 0.29) is 18.1 Å². The van der Waals surface area contributed by atoms with Crippen molar-refractivity contribution < 1.29 is 14.5 Å². The molecule has 2 aromatic rings. The molecule has 104 valence electrons. The lowest BCUT2D eigenvalue weighted by atomic mass is 10.1. The van der Waals surface area contributed by atoms with Crippen molar-refractivity contribution in [2.45, 2.75) is 13.5 Å². The summed E-state index contributed by atoms with van der Waals surface area (Å²) >= 11 is 0. The lowest BCUT2D eigenvalue weighted by Gasteiger charge is -2.04. The van der Waals surface area contributed by atoms with Gasteiger partial charge in [0.25, 0.3) is 0 Å². The Bertz CT molecular complexity index is 646. The first kappa shape index (κ1) is 13.7. The van der Waals surface area contributed by atoms with Crippen molar-refractivity contribution in [2.75, 3.05) is 7.11 Å². The molecule has 1 aromatic heterocycles. The van der Waals surface area contributed by atoms with E-state index in [0.717, 1.165) is 6.20 Å². The molecule has 0 fully saturated rings. The number of hydrogen-bond acceptors (Lipinski definition) is 5. The molecular formula is C13H13N3O4. The number of carbonyl (C=O) groups is 1. The van der Waals surface area contributed by atoms with Gasteiger partial charge in [-0.3, -0.25) is 4.79 Å². The number of hydrogen-bond donors (Lipinski definition) is 0. The van der Waals surface area contributed by atoms with E-state index >= 15 is 0 Å². The van der Waals surface area contributed by atoms with Crippen LogP contribution in [0, 0.1) is 17.0 Å². The quantitative estimate of drug-likeness (QED) is 0.473. The zero-order chi connectivity index (χ0) is 14.7. The SMILES string of the molecule is COc1ccc(C(=O)Cn2c([N+](=O)[O-])cnc2C)cc1. The van der Waals surface area contributed by atoms with E-state index in [1.807, 2.05) is 0 Å². The molecule has 0 aliphatic heterocycles. The van der Waals surface area contributed by atoms with E-state index in [1.165, 1.54) is 11.7 Å². The Balaban J connectivity index is 2.23. The second-order valence-corrected chi connectivity index (χ2v) is 4.16. The normalized spacial score (nSPS) is 10.3. The summed E-state index contributed by atoms with van der Waals surface area (Å²) in [5.41, 5.74) is 0.466. The Morgan fingerprint density at radius 1 is 1.40 bits per heavy atom. The summed E-state index contributed by atoms with van der Waals surface area (Å²) in [5.74, 6) is 0.658. The highest BCUT2D eigenvalue weighted by molar-refractivity contribution is 5.96. The zero-order valence-electron chi connectivity index (χ0n) is 11.1. The van der Waals surface area contributed by atoms with Crippen LogP contribution in [-0.4, -0.2) is 27.4 Å². The summed E-state index contributed by atoms with van der Waals surface area (Å²) in [6.45, 7) is 1.50. The Kier molecular flexibility index (Phi) is 3.79. The number of nitro groups is 1. The van der Waals surface area contributed by atoms with Gasteiger partial charge in [0.1, 0.15) is 11.9 Å². The van der Waals surface area contributed by atoms with Gasteiger partial charge < -0.3 is 14.9 Å². The maximum atomic E-state index is 12.1. The van der Waals surface area contributed by atoms with Crippen molar-refractivity contribution in [1.29, 1.82) is 0 Å². The fourth-order valence-electron chi connectivity index (χ4n) is 1.81. The van der Waals surface area contributed by atoms with Gasteiger partial charge in [-0.25, -0.2) is 9.55 Å². The predicted molar refractivity (Wildman–Crippen MR) is 70.9 cm³/mol. The second kappa shape index (κ2) is 5.52. The molecule has 0 saturated heterocycles. The summed E-state index contributed by atoms with van der Waals surface area (Å²) < 4.78 is 6.29. The van der Waals surface area contributed by atoms with Crippen molar-refractivity contribution in [2.24, 2.45) is 0 Å². The van der Waals surface area contributed by atoms with Gasteiger partial charge in [0, 0.05) is 12.5 Å². The first-order chi connectivity index (χ1) is 9.52. The van der Waals surface area contributed by atoms with Gasteiger partial charge in [0.15, 0.2) is 12.4 Å². The van der Waals surface area contributed by atoms with Crippen molar-refractivity contribution in [3.8, 4) is 5.75 Å². The van der Waals surface area contributed by atoms with E-state index < -0.39 is 4.92 Å². The number of imidazole rings is 1. The molecule has 0 spiro atoms. The second-order valence-electron chi connectivity index (χ2n) is 4.16. The topological polar surface area (TPSA) is 87.3 Å². The number of ether oxygens (including phenoxy) is 1. The van der Waals surface area contributed by atoms with Crippen LogP contribution in [0.15, 0.2) is 30.5 Å². The van der Waals surface area contributed by atoms with Crippen LogP contribution in [0.25, 0.3) is 0 Å². The fourth-order valence-corrected chi connectivity index (χ4v) is 1.81. The molecule has 0 aliphatic rings. The molecule has 20 heavy (non-hydrogen) atoms. The molecule has 0 aliphatic carbocycles. The summed E-state index contributed by atoms with van der Waals surface area (Å²) in [4.78, 5) is 26.3. The smallest absolute Gasteiger partial charge is 0.343 e. The van der Waals surface area contributed by atoms with E-state index in [2.05, 4.69) is 4.98 Å². The minimum atomic E-state index is -0.554. The number of rotatable bonds is 5. The largest absolute Gasteiger partial charge is 0.497 e.